The van der Waals surface area contributed by atoms with Crippen LogP contribution < -0.4 is 5.73 Å². The Hall–Kier alpha value is -1.26. The number of carbonyl (C=O) groups excluding carboxylic acids is 1. The van der Waals surface area contributed by atoms with Crippen molar-refractivity contribution >= 4 is 35.1 Å². The Morgan fingerprint density at radius 1 is 1.41 bits per heavy atom. The lowest BCUT2D eigenvalue weighted by Crippen LogP contribution is -2.43. The Morgan fingerprint density at radius 3 is 2.47 bits per heavy atom. The summed E-state index contributed by atoms with van der Waals surface area (Å²) in [5.41, 5.74) is 3.89. The number of nitrogens with two attached hydrogens (primary N) is 1. The van der Waals surface area contributed by atoms with Crippen molar-refractivity contribution in [3.8, 4) is 0 Å². The fourth-order valence-corrected chi connectivity index (χ4v) is 1.72. The molecule has 1 aromatic rings. The van der Waals surface area contributed by atoms with E-state index in [9.17, 15) is 9.59 Å². The van der Waals surface area contributed by atoms with Crippen molar-refractivity contribution in [1.82, 2.24) is 0 Å². The van der Waals surface area contributed by atoms with Gasteiger partial charge < -0.3 is 10.8 Å². The van der Waals surface area contributed by atoms with Crippen molar-refractivity contribution in [2.24, 2.45) is 11.1 Å². The molecule has 4 nitrogen and oxygen atoms in total. The van der Waals surface area contributed by atoms with E-state index in [-0.39, 0.29) is 11.4 Å². The zero-order valence-corrected chi connectivity index (χ0v) is 10.5. The fraction of sp³-hybridized carbons (Fsp3) is 0.273. The van der Waals surface area contributed by atoms with Crippen LogP contribution in [0.25, 0.3) is 0 Å². The minimum atomic E-state index is -1.70. The molecule has 0 saturated heterocycles. The summed E-state index contributed by atoms with van der Waals surface area (Å²) in [4.78, 5) is 22.3. The molecule has 0 spiro atoms. The van der Waals surface area contributed by atoms with Crippen molar-refractivity contribution in [2.75, 3.05) is 0 Å². The van der Waals surface area contributed by atoms with E-state index in [1.165, 1.54) is 6.92 Å². The van der Waals surface area contributed by atoms with Gasteiger partial charge in [0.05, 0.1) is 10.0 Å². The summed E-state index contributed by atoms with van der Waals surface area (Å²) < 4.78 is 0. The quantitative estimate of drug-likeness (QED) is 0.826. The molecule has 0 saturated carbocycles. The van der Waals surface area contributed by atoms with E-state index in [4.69, 9.17) is 34.0 Å². The summed E-state index contributed by atoms with van der Waals surface area (Å²) in [6.07, 6.45) is -0.100. The van der Waals surface area contributed by atoms with Gasteiger partial charge in [-0.15, -0.1) is 0 Å². The number of hydrogen-bond acceptors (Lipinski definition) is 2. The van der Waals surface area contributed by atoms with Crippen LogP contribution in [0.1, 0.15) is 12.5 Å². The molecule has 0 heterocycles. The number of carboxylic acids is 1. The fourth-order valence-electron chi connectivity index (χ4n) is 1.33. The standard InChI is InChI=1S/C11H11Cl2NO3/c1-11(9(14)15,10(16)17)5-6-3-2-4-7(12)8(6)13/h2-4H,5H2,1H3,(H2,14,15)(H,16,17). The normalized spacial score (nSPS) is 14.1. The van der Waals surface area contributed by atoms with Gasteiger partial charge in [0, 0.05) is 0 Å². The van der Waals surface area contributed by atoms with Gasteiger partial charge in [-0.3, -0.25) is 9.59 Å². The van der Waals surface area contributed by atoms with Gasteiger partial charge in [-0.2, -0.15) is 0 Å². The molecule has 0 aromatic heterocycles. The van der Waals surface area contributed by atoms with Crippen LogP contribution in [0, 0.1) is 5.41 Å². The lowest BCUT2D eigenvalue weighted by atomic mass is 9.83. The molecule has 1 amide bonds. The highest BCUT2D eigenvalue weighted by molar-refractivity contribution is 6.42. The zero-order chi connectivity index (χ0) is 13.2. The van der Waals surface area contributed by atoms with Gasteiger partial charge in [-0.1, -0.05) is 35.3 Å². The second-order valence-corrected chi connectivity index (χ2v) is 4.68. The molecule has 0 aliphatic rings. The molecule has 0 radical (unpaired) electrons. The summed E-state index contributed by atoms with van der Waals surface area (Å²) in [6.45, 7) is 1.26. The molecule has 6 heteroatoms. The number of amides is 1. The summed E-state index contributed by atoms with van der Waals surface area (Å²) in [7, 11) is 0. The number of carbonyl (C=O) groups is 2. The van der Waals surface area contributed by atoms with Crippen LogP contribution in [0.2, 0.25) is 10.0 Å². The molecular formula is C11H11Cl2NO3. The highest BCUT2D eigenvalue weighted by Crippen LogP contribution is 2.31. The number of halogens is 2. The minimum Gasteiger partial charge on any atom is -0.480 e. The van der Waals surface area contributed by atoms with Crippen LogP contribution in [0.3, 0.4) is 0 Å². The topological polar surface area (TPSA) is 80.4 Å². The average molecular weight is 276 g/mol. The van der Waals surface area contributed by atoms with Gasteiger partial charge in [-0.05, 0) is 25.0 Å². The maximum atomic E-state index is 11.2. The Morgan fingerprint density at radius 2 is 2.00 bits per heavy atom. The average Bonchev–Trinajstić information content (AvgIpc) is 2.24. The molecule has 0 bridgehead atoms. The van der Waals surface area contributed by atoms with E-state index in [2.05, 4.69) is 0 Å². The smallest absolute Gasteiger partial charge is 0.319 e. The molecule has 0 aliphatic heterocycles. The molecule has 0 fully saturated rings. The van der Waals surface area contributed by atoms with E-state index in [0.29, 0.717) is 10.6 Å². The SMILES string of the molecule is CC(Cc1cccc(Cl)c1Cl)(C(N)=O)C(=O)O. The van der Waals surface area contributed by atoms with E-state index < -0.39 is 17.3 Å². The number of rotatable bonds is 4. The van der Waals surface area contributed by atoms with Crippen LogP contribution in [-0.2, 0) is 16.0 Å². The van der Waals surface area contributed by atoms with Crippen LogP contribution in [0.4, 0.5) is 0 Å². The molecule has 1 atom stereocenters. The Labute approximate surface area is 108 Å². The number of hydrogen-bond donors (Lipinski definition) is 2. The number of aliphatic carboxylic acids is 1. The molecule has 17 heavy (non-hydrogen) atoms. The Kier molecular flexibility index (Phi) is 4.01. The summed E-state index contributed by atoms with van der Waals surface area (Å²) >= 11 is 11.7. The number of carboxylic acid groups (broad SMARTS) is 1. The number of benzene rings is 1. The van der Waals surface area contributed by atoms with Gasteiger partial charge in [0.25, 0.3) is 0 Å². The zero-order valence-electron chi connectivity index (χ0n) is 9.04. The molecule has 1 rings (SSSR count). The van der Waals surface area contributed by atoms with Crippen molar-refractivity contribution in [3.05, 3.63) is 33.8 Å². The van der Waals surface area contributed by atoms with Crippen molar-refractivity contribution in [3.63, 3.8) is 0 Å². The second-order valence-electron chi connectivity index (χ2n) is 3.89. The summed E-state index contributed by atoms with van der Waals surface area (Å²) in [6, 6.07) is 4.82. The molecule has 1 aromatic carbocycles. The molecule has 1 unspecified atom stereocenters. The Balaban J connectivity index is 3.16. The van der Waals surface area contributed by atoms with Crippen molar-refractivity contribution < 1.29 is 14.7 Å². The second kappa shape index (κ2) is 4.94. The monoisotopic (exact) mass is 275 g/mol. The van der Waals surface area contributed by atoms with E-state index >= 15 is 0 Å². The van der Waals surface area contributed by atoms with Gasteiger partial charge >= 0.3 is 5.97 Å². The lowest BCUT2D eigenvalue weighted by Gasteiger charge is -2.21. The predicted octanol–water partition coefficient (Wildman–Crippen LogP) is 2.11. The number of primary amides is 1. The third kappa shape index (κ3) is 2.70. The first kappa shape index (κ1) is 13.8. The highest BCUT2D eigenvalue weighted by Gasteiger charge is 2.40. The Bertz CT molecular complexity index is 460. The molecule has 3 N–H and O–H groups in total. The maximum Gasteiger partial charge on any atom is 0.319 e. The van der Waals surface area contributed by atoms with Crippen LogP contribution in [-0.4, -0.2) is 17.0 Å². The summed E-state index contributed by atoms with van der Waals surface area (Å²) in [5.74, 6) is -2.21. The van der Waals surface area contributed by atoms with Crippen molar-refractivity contribution in [2.45, 2.75) is 13.3 Å². The first-order valence-electron chi connectivity index (χ1n) is 4.75. The van der Waals surface area contributed by atoms with Crippen LogP contribution in [0.5, 0.6) is 0 Å². The highest BCUT2D eigenvalue weighted by atomic mass is 35.5. The van der Waals surface area contributed by atoms with Gasteiger partial charge in [-0.25, -0.2) is 0 Å². The van der Waals surface area contributed by atoms with Gasteiger partial charge in [0.2, 0.25) is 5.91 Å². The van der Waals surface area contributed by atoms with Crippen LogP contribution in [0.15, 0.2) is 18.2 Å². The largest absolute Gasteiger partial charge is 0.480 e. The first-order valence-corrected chi connectivity index (χ1v) is 5.51. The van der Waals surface area contributed by atoms with Crippen molar-refractivity contribution in [1.29, 1.82) is 0 Å². The first-order chi connectivity index (χ1) is 7.79. The lowest BCUT2D eigenvalue weighted by molar-refractivity contribution is -0.153. The van der Waals surface area contributed by atoms with Gasteiger partial charge in [0.15, 0.2) is 0 Å². The minimum absolute atomic E-state index is 0.100. The van der Waals surface area contributed by atoms with E-state index in [1.807, 2.05) is 0 Å². The van der Waals surface area contributed by atoms with E-state index in [1.54, 1.807) is 18.2 Å². The molecular weight excluding hydrogens is 265 g/mol. The van der Waals surface area contributed by atoms with E-state index in [0.717, 1.165) is 0 Å². The molecule has 92 valence electrons. The third-order valence-corrected chi connectivity index (χ3v) is 3.45. The summed E-state index contributed by atoms with van der Waals surface area (Å²) in [5, 5.41) is 9.59. The van der Waals surface area contributed by atoms with Crippen LogP contribution >= 0.6 is 23.2 Å². The predicted molar refractivity (Wildman–Crippen MR) is 65.1 cm³/mol. The molecule has 0 aliphatic carbocycles. The maximum absolute atomic E-state index is 11.2. The third-order valence-electron chi connectivity index (χ3n) is 2.59. The van der Waals surface area contributed by atoms with Gasteiger partial charge in [0.1, 0.15) is 5.41 Å².